The molecule has 0 radical (unpaired) electrons. The van der Waals surface area contributed by atoms with Crippen molar-refractivity contribution in [3.8, 4) is 0 Å². The van der Waals surface area contributed by atoms with E-state index in [4.69, 9.17) is 0 Å². The molecule has 0 heterocycles. The molecule has 0 spiro atoms. The molecule has 0 aliphatic carbocycles. The van der Waals surface area contributed by atoms with E-state index in [1.165, 1.54) is 12.2 Å². The van der Waals surface area contributed by atoms with Crippen LogP contribution in [0.4, 0.5) is 0 Å². The summed E-state index contributed by atoms with van der Waals surface area (Å²) in [5.74, 6) is -2.33. The van der Waals surface area contributed by atoms with Gasteiger partial charge in [-0.2, -0.15) is 0 Å². The average Bonchev–Trinajstić information content (AvgIpc) is 2.18. The van der Waals surface area contributed by atoms with Crippen LogP contribution < -0.4 is 10.2 Å². The van der Waals surface area contributed by atoms with E-state index < -0.39 is 11.9 Å². The largest absolute Gasteiger partial charge is 2.00 e. The molecule has 0 rings (SSSR count). The van der Waals surface area contributed by atoms with Gasteiger partial charge in [-0.3, -0.25) is 0 Å². The number of allylic oxidation sites excluding steroid dienone is 6. The van der Waals surface area contributed by atoms with Gasteiger partial charge in [-0.15, -0.1) is 0 Å². The molecule has 0 bridgehead atoms. The van der Waals surface area contributed by atoms with E-state index in [1.807, 2.05) is 0 Å². The van der Waals surface area contributed by atoms with Crippen LogP contribution >= 0.6 is 0 Å². The fourth-order valence-electron chi connectivity index (χ4n) is 0.490. The number of aliphatic carboxylic acids is 2. The molecule has 0 N–H and O–H groups in total. The van der Waals surface area contributed by atoms with Crippen molar-refractivity contribution in [2.45, 2.75) is 13.8 Å². The first kappa shape index (κ1) is 26.9. The molecule has 0 unspecified atom stereocenters. The van der Waals surface area contributed by atoms with Gasteiger partial charge in [0.25, 0.3) is 0 Å². The van der Waals surface area contributed by atoms with E-state index in [1.54, 1.807) is 38.2 Å². The van der Waals surface area contributed by atoms with Crippen LogP contribution in [0.3, 0.4) is 0 Å². The van der Waals surface area contributed by atoms with Gasteiger partial charge < -0.3 is 19.8 Å². The molecule has 6 heteroatoms. The van der Waals surface area contributed by atoms with Gasteiger partial charge in [0.1, 0.15) is 0 Å². The predicted octanol–water partition coefficient (Wildman–Crippen LogP) is -1.02. The molecular weight excluding hydrogens is 288 g/mol. The van der Waals surface area contributed by atoms with Gasteiger partial charge in [0.15, 0.2) is 0 Å². The molecule has 88 valence electrons. The zero-order chi connectivity index (χ0) is 12.8. The molecule has 0 atom stereocenters. The molecule has 0 saturated carbocycles. The zero-order valence-corrected chi connectivity index (χ0v) is 15.1. The maximum atomic E-state index is 9.64. The molecule has 0 saturated heterocycles. The number of rotatable bonds is 4. The van der Waals surface area contributed by atoms with Gasteiger partial charge in [0.2, 0.25) is 0 Å². The van der Waals surface area contributed by atoms with Gasteiger partial charge in [0, 0.05) is 0 Å². The van der Waals surface area contributed by atoms with Crippen LogP contribution in [0.15, 0.2) is 48.6 Å². The van der Waals surface area contributed by atoms with E-state index in [-0.39, 0.29) is 75.5 Å². The summed E-state index contributed by atoms with van der Waals surface area (Å²) in [5, 5.41) is 19.3. The van der Waals surface area contributed by atoms with E-state index in [2.05, 4.69) is 0 Å². The SMILES string of the molecule is CC=CC=CC(=O)[O-].CC=CC=CC(=O)[O-].[Ca+2].[Ca+2]. The summed E-state index contributed by atoms with van der Waals surface area (Å²) in [6, 6.07) is 0. The number of carboxylic acids is 2. The minimum Gasteiger partial charge on any atom is -0.545 e. The normalized spacial score (nSPS) is 9.89. The molecule has 0 amide bonds. The minimum atomic E-state index is -1.16. The number of hydrogen-bond donors (Lipinski definition) is 0. The minimum absolute atomic E-state index is 0. The maximum Gasteiger partial charge on any atom is 2.00 e. The van der Waals surface area contributed by atoms with Crippen molar-refractivity contribution in [2.24, 2.45) is 0 Å². The van der Waals surface area contributed by atoms with Crippen molar-refractivity contribution < 1.29 is 19.8 Å². The Bertz CT molecular complexity index is 286. The third kappa shape index (κ3) is 36.0. The van der Waals surface area contributed by atoms with Crippen molar-refractivity contribution in [3.05, 3.63) is 48.6 Å². The number of hydrogen-bond acceptors (Lipinski definition) is 4. The van der Waals surface area contributed by atoms with Crippen LogP contribution in [0.1, 0.15) is 13.8 Å². The van der Waals surface area contributed by atoms with Crippen LogP contribution in [-0.4, -0.2) is 87.4 Å². The second-order valence-electron chi connectivity index (χ2n) is 2.41. The van der Waals surface area contributed by atoms with Crippen molar-refractivity contribution in [3.63, 3.8) is 0 Å². The van der Waals surface area contributed by atoms with E-state index >= 15 is 0 Å². The molecule has 0 aromatic carbocycles. The van der Waals surface area contributed by atoms with Crippen molar-refractivity contribution in [2.75, 3.05) is 0 Å². The monoisotopic (exact) mass is 302 g/mol. The van der Waals surface area contributed by atoms with E-state index in [0.717, 1.165) is 12.2 Å². The number of carboxylic acid groups (broad SMARTS) is 2. The molecule has 0 aliphatic rings. The van der Waals surface area contributed by atoms with Crippen LogP contribution in [0.2, 0.25) is 0 Å². The zero-order valence-electron chi connectivity index (χ0n) is 10.7. The Morgan fingerprint density at radius 1 is 0.722 bits per heavy atom. The second-order valence-corrected chi connectivity index (χ2v) is 2.41. The molecular formula is C12H14Ca2O4+2. The van der Waals surface area contributed by atoms with Crippen molar-refractivity contribution in [1.82, 2.24) is 0 Å². The smallest absolute Gasteiger partial charge is 0.545 e. The average molecular weight is 302 g/mol. The molecule has 0 aromatic heterocycles. The summed E-state index contributed by atoms with van der Waals surface area (Å²) in [6.45, 7) is 3.61. The molecule has 0 aliphatic heterocycles. The van der Waals surface area contributed by atoms with E-state index in [0.29, 0.717) is 0 Å². The summed E-state index contributed by atoms with van der Waals surface area (Å²) in [5.41, 5.74) is 0. The molecule has 18 heavy (non-hydrogen) atoms. The Kier molecular flexibility index (Phi) is 33.7. The Morgan fingerprint density at radius 3 is 1.17 bits per heavy atom. The Morgan fingerprint density at radius 2 is 1.00 bits per heavy atom. The molecule has 0 fully saturated rings. The summed E-state index contributed by atoms with van der Waals surface area (Å²) >= 11 is 0. The third-order valence-electron chi connectivity index (χ3n) is 1.07. The van der Waals surface area contributed by atoms with Crippen molar-refractivity contribution in [1.29, 1.82) is 0 Å². The Hall–Kier alpha value is 0.419. The van der Waals surface area contributed by atoms with Gasteiger partial charge >= 0.3 is 75.5 Å². The summed E-state index contributed by atoms with van der Waals surface area (Å²) in [7, 11) is 0. The summed E-state index contributed by atoms with van der Waals surface area (Å²) in [6.07, 6.45) is 11.5. The fourth-order valence-corrected chi connectivity index (χ4v) is 0.490. The number of carbonyl (C=O) groups is 2. The van der Waals surface area contributed by atoms with E-state index in [9.17, 15) is 19.8 Å². The Labute approximate surface area is 167 Å². The first-order valence-corrected chi connectivity index (χ1v) is 4.55. The quantitative estimate of drug-likeness (QED) is 0.378. The maximum absolute atomic E-state index is 9.64. The van der Waals surface area contributed by atoms with Gasteiger partial charge in [-0.05, 0) is 26.0 Å². The number of carbonyl (C=O) groups excluding carboxylic acids is 2. The standard InChI is InChI=1S/2C6H8O2.2Ca/c2*1-2-3-4-5-6(7)8;;/h2*2-5H,1H3,(H,7,8);;/q;;2*+2/p-2. The van der Waals surface area contributed by atoms with Gasteiger partial charge in [0.05, 0.1) is 11.9 Å². The molecule has 0 aromatic rings. The van der Waals surface area contributed by atoms with Crippen LogP contribution in [-0.2, 0) is 9.59 Å². The van der Waals surface area contributed by atoms with Crippen LogP contribution in [0, 0.1) is 0 Å². The third-order valence-corrected chi connectivity index (χ3v) is 1.07. The van der Waals surface area contributed by atoms with Gasteiger partial charge in [-0.25, -0.2) is 0 Å². The fraction of sp³-hybridized carbons (Fsp3) is 0.167. The predicted molar refractivity (Wildman–Crippen MR) is 69.4 cm³/mol. The van der Waals surface area contributed by atoms with Crippen molar-refractivity contribution >= 4 is 87.4 Å². The first-order valence-electron chi connectivity index (χ1n) is 4.55. The molecule has 4 nitrogen and oxygen atoms in total. The van der Waals surface area contributed by atoms with Gasteiger partial charge in [-0.1, -0.05) is 36.5 Å². The summed E-state index contributed by atoms with van der Waals surface area (Å²) < 4.78 is 0. The van der Waals surface area contributed by atoms with Crippen LogP contribution in [0.5, 0.6) is 0 Å². The summed E-state index contributed by atoms with van der Waals surface area (Å²) in [4.78, 5) is 19.3. The Balaban J connectivity index is -0.0000000980. The van der Waals surface area contributed by atoms with Crippen LogP contribution in [0.25, 0.3) is 0 Å². The second kappa shape index (κ2) is 22.6. The first-order chi connectivity index (χ1) is 7.54. The topological polar surface area (TPSA) is 80.3 Å².